The topological polar surface area (TPSA) is 68.0 Å². The minimum absolute atomic E-state index is 0.137. The van der Waals surface area contributed by atoms with E-state index >= 15 is 0 Å². The lowest BCUT2D eigenvalue weighted by atomic mass is 10.1. The number of carbonyl (C=O) groups is 1. The van der Waals surface area contributed by atoms with Crippen molar-refractivity contribution in [2.45, 2.75) is 6.54 Å². The molecule has 2 aromatic carbocycles. The molecule has 4 heteroatoms. The molecule has 3 N–H and O–H groups in total. The maximum Gasteiger partial charge on any atom is 0.253 e. The lowest BCUT2D eigenvalue weighted by Crippen LogP contribution is -2.23. The number of hydrogen-bond donors (Lipinski definition) is 2. The lowest BCUT2D eigenvalue weighted by molar-refractivity contribution is 0.0952. The number of nitrogens with one attached hydrogen (secondary N) is 1. The highest BCUT2D eigenvalue weighted by molar-refractivity contribution is 6.05. The average Bonchev–Trinajstić information content (AvgIpc) is 2.52. The molecular weight excluding hydrogens is 262 g/mol. The minimum Gasteiger partial charge on any atom is -0.399 e. The van der Waals surface area contributed by atoms with Crippen LogP contribution in [0, 0.1) is 0 Å². The minimum atomic E-state index is -0.137. The molecule has 0 fully saturated rings. The Balaban J connectivity index is 1.81. The van der Waals surface area contributed by atoms with Crippen LogP contribution in [0.15, 0.2) is 60.8 Å². The second kappa shape index (κ2) is 5.63. The number of para-hydroxylation sites is 1. The highest BCUT2D eigenvalue weighted by Gasteiger charge is 2.10. The normalized spacial score (nSPS) is 10.5. The van der Waals surface area contributed by atoms with Gasteiger partial charge in [0.05, 0.1) is 11.1 Å². The first kappa shape index (κ1) is 13.1. The molecule has 0 radical (unpaired) electrons. The van der Waals surface area contributed by atoms with Crippen LogP contribution in [-0.4, -0.2) is 10.9 Å². The number of benzene rings is 2. The van der Waals surface area contributed by atoms with E-state index in [0.29, 0.717) is 23.3 Å². The van der Waals surface area contributed by atoms with Crippen molar-refractivity contribution < 1.29 is 4.79 Å². The fourth-order valence-corrected chi connectivity index (χ4v) is 2.27. The van der Waals surface area contributed by atoms with E-state index in [9.17, 15) is 4.79 Å². The van der Waals surface area contributed by atoms with Gasteiger partial charge in [0, 0.05) is 23.8 Å². The average molecular weight is 277 g/mol. The summed E-state index contributed by atoms with van der Waals surface area (Å²) in [5.41, 5.74) is 8.68. The summed E-state index contributed by atoms with van der Waals surface area (Å²) < 4.78 is 0. The molecule has 3 rings (SSSR count). The number of fused-ring (bicyclic) bond motifs is 1. The molecular formula is C17H15N3O. The van der Waals surface area contributed by atoms with Crippen molar-refractivity contribution >= 4 is 22.5 Å². The van der Waals surface area contributed by atoms with Gasteiger partial charge in [-0.25, -0.2) is 0 Å². The van der Waals surface area contributed by atoms with Gasteiger partial charge in [-0.1, -0.05) is 30.3 Å². The molecule has 1 heterocycles. The summed E-state index contributed by atoms with van der Waals surface area (Å²) in [7, 11) is 0. The second-order valence-corrected chi connectivity index (χ2v) is 4.81. The smallest absolute Gasteiger partial charge is 0.253 e. The Morgan fingerprint density at radius 2 is 1.90 bits per heavy atom. The summed E-state index contributed by atoms with van der Waals surface area (Å²) in [6.07, 6.45) is 1.69. The summed E-state index contributed by atoms with van der Waals surface area (Å²) in [6.45, 7) is 0.438. The van der Waals surface area contributed by atoms with Gasteiger partial charge < -0.3 is 11.1 Å². The third-order valence-electron chi connectivity index (χ3n) is 3.28. The monoisotopic (exact) mass is 277 g/mol. The Labute approximate surface area is 122 Å². The fraction of sp³-hybridized carbons (Fsp3) is 0.0588. The van der Waals surface area contributed by atoms with Crippen LogP contribution < -0.4 is 11.1 Å². The van der Waals surface area contributed by atoms with Gasteiger partial charge in [0.1, 0.15) is 0 Å². The second-order valence-electron chi connectivity index (χ2n) is 4.81. The number of nitrogens with zero attached hydrogens (tertiary/aromatic N) is 1. The number of amides is 1. The molecule has 0 aliphatic rings. The van der Waals surface area contributed by atoms with E-state index < -0.39 is 0 Å². The number of rotatable bonds is 3. The highest BCUT2D eigenvalue weighted by atomic mass is 16.1. The van der Waals surface area contributed by atoms with Crippen LogP contribution >= 0.6 is 0 Å². The maximum absolute atomic E-state index is 12.3. The van der Waals surface area contributed by atoms with E-state index in [-0.39, 0.29) is 5.91 Å². The number of aromatic nitrogens is 1. The van der Waals surface area contributed by atoms with Crippen molar-refractivity contribution in [2.24, 2.45) is 0 Å². The molecule has 0 unspecified atom stereocenters. The zero-order chi connectivity index (χ0) is 14.7. The first-order chi connectivity index (χ1) is 10.2. The highest BCUT2D eigenvalue weighted by Crippen LogP contribution is 2.16. The Kier molecular flexibility index (Phi) is 3.51. The standard InChI is InChI=1S/C17H15N3O/c18-14-7-1-4-12(10-14)11-20-17(21)15-8-2-5-13-6-3-9-19-16(13)15/h1-10H,11,18H2,(H,20,21). The van der Waals surface area contributed by atoms with Gasteiger partial charge in [-0.3, -0.25) is 9.78 Å². The van der Waals surface area contributed by atoms with Gasteiger partial charge in [0.2, 0.25) is 0 Å². The Morgan fingerprint density at radius 1 is 1.10 bits per heavy atom. The molecule has 21 heavy (non-hydrogen) atoms. The third-order valence-corrected chi connectivity index (χ3v) is 3.28. The summed E-state index contributed by atoms with van der Waals surface area (Å²) in [6, 6.07) is 16.9. The van der Waals surface area contributed by atoms with Gasteiger partial charge in [-0.15, -0.1) is 0 Å². The van der Waals surface area contributed by atoms with Gasteiger partial charge in [-0.05, 0) is 29.8 Å². The lowest BCUT2D eigenvalue weighted by Gasteiger charge is -2.08. The van der Waals surface area contributed by atoms with Crippen LogP contribution in [0.2, 0.25) is 0 Å². The molecule has 0 saturated carbocycles. The number of carbonyl (C=O) groups excluding carboxylic acids is 1. The Bertz CT molecular complexity index is 793. The molecule has 0 aliphatic carbocycles. The van der Waals surface area contributed by atoms with Crippen LogP contribution in [0.5, 0.6) is 0 Å². The quantitative estimate of drug-likeness (QED) is 0.723. The molecule has 0 aliphatic heterocycles. The molecule has 0 atom stereocenters. The van der Waals surface area contributed by atoms with Gasteiger partial charge in [-0.2, -0.15) is 0 Å². The van der Waals surface area contributed by atoms with Crippen molar-refractivity contribution in [2.75, 3.05) is 5.73 Å². The number of nitrogen functional groups attached to an aromatic ring is 1. The van der Waals surface area contributed by atoms with E-state index in [2.05, 4.69) is 10.3 Å². The van der Waals surface area contributed by atoms with E-state index in [4.69, 9.17) is 5.73 Å². The van der Waals surface area contributed by atoms with Crippen molar-refractivity contribution in [3.63, 3.8) is 0 Å². The first-order valence-electron chi connectivity index (χ1n) is 6.70. The van der Waals surface area contributed by atoms with Crippen molar-refractivity contribution in [1.82, 2.24) is 10.3 Å². The van der Waals surface area contributed by atoms with E-state index in [1.807, 2.05) is 48.5 Å². The summed E-state index contributed by atoms with van der Waals surface area (Å²) >= 11 is 0. The van der Waals surface area contributed by atoms with Gasteiger partial charge in [0.25, 0.3) is 5.91 Å². The number of nitrogens with two attached hydrogens (primary N) is 1. The molecule has 1 aromatic heterocycles. The molecule has 4 nitrogen and oxygen atoms in total. The van der Waals surface area contributed by atoms with Crippen molar-refractivity contribution in [3.05, 3.63) is 71.9 Å². The number of pyridine rings is 1. The number of anilines is 1. The zero-order valence-electron chi connectivity index (χ0n) is 11.4. The zero-order valence-corrected chi connectivity index (χ0v) is 11.4. The summed E-state index contributed by atoms with van der Waals surface area (Å²) in [4.78, 5) is 16.6. The van der Waals surface area contributed by atoms with Crippen LogP contribution in [0.1, 0.15) is 15.9 Å². The van der Waals surface area contributed by atoms with Gasteiger partial charge in [0.15, 0.2) is 0 Å². The Morgan fingerprint density at radius 3 is 2.76 bits per heavy atom. The van der Waals surface area contributed by atoms with E-state index in [1.165, 1.54) is 0 Å². The summed E-state index contributed by atoms with van der Waals surface area (Å²) in [5, 5.41) is 3.85. The maximum atomic E-state index is 12.3. The van der Waals surface area contributed by atoms with Crippen LogP contribution in [-0.2, 0) is 6.54 Å². The van der Waals surface area contributed by atoms with Crippen LogP contribution in [0.4, 0.5) is 5.69 Å². The van der Waals surface area contributed by atoms with Gasteiger partial charge >= 0.3 is 0 Å². The van der Waals surface area contributed by atoms with Crippen LogP contribution in [0.25, 0.3) is 10.9 Å². The molecule has 0 bridgehead atoms. The fourth-order valence-electron chi connectivity index (χ4n) is 2.27. The van der Waals surface area contributed by atoms with Crippen molar-refractivity contribution in [1.29, 1.82) is 0 Å². The summed E-state index contributed by atoms with van der Waals surface area (Å²) in [5.74, 6) is -0.137. The predicted octanol–water partition coefficient (Wildman–Crippen LogP) is 2.75. The number of hydrogen-bond acceptors (Lipinski definition) is 3. The van der Waals surface area contributed by atoms with Crippen LogP contribution in [0.3, 0.4) is 0 Å². The Hall–Kier alpha value is -2.88. The molecule has 0 spiro atoms. The predicted molar refractivity (Wildman–Crippen MR) is 83.8 cm³/mol. The SMILES string of the molecule is Nc1cccc(CNC(=O)c2cccc3cccnc23)c1. The molecule has 1 amide bonds. The molecule has 0 saturated heterocycles. The molecule has 104 valence electrons. The molecule has 3 aromatic rings. The first-order valence-corrected chi connectivity index (χ1v) is 6.70. The third kappa shape index (κ3) is 2.84. The largest absolute Gasteiger partial charge is 0.399 e. The van der Waals surface area contributed by atoms with E-state index in [0.717, 1.165) is 10.9 Å². The van der Waals surface area contributed by atoms with E-state index in [1.54, 1.807) is 12.3 Å². The van der Waals surface area contributed by atoms with Crippen molar-refractivity contribution in [3.8, 4) is 0 Å².